The number of para-hydroxylation sites is 1. The summed E-state index contributed by atoms with van der Waals surface area (Å²) >= 11 is 4.58. The Labute approximate surface area is 704 Å². The van der Waals surface area contributed by atoms with Gasteiger partial charge in [0.15, 0.2) is 0 Å². The molecule has 116 heavy (non-hydrogen) atoms. The topological polar surface area (TPSA) is 254 Å². The van der Waals surface area contributed by atoms with Gasteiger partial charge in [-0.15, -0.1) is 22.7 Å². The van der Waals surface area contributed by atoms with Crippen LogP contribution in [0.2, 0.25) is 0 Å². The number of amides is 7. The van der Waals surface area contributed by atoms with E-state index in [9.17, 15) is 33.6 Å². The standard InChI is InChI=1S/C19H26N2O.C17H22N2O2.C16H17N3OS.C15H16N2OS.C15H25NO.C13H17NOS/c1-19(2,3)12-7-13-20-18(22)11-6-8-15-14-21-17-10-5-4-9-16(15)17;1-17(2,3)12-7-13-18-15(20)10-11-16(21)19-14-8-5-4-6-9-14;1-16(2,3)7-4-8-18-14(20)13-11-21-15(19-13)12-5-9-17-10-6-12;1-15(2,3)7-4-8-16-14(18)11-5-6-12-13(9-11)19-10-17-12;1-13(2,3)9-8-10-16-12(17)11-14(4,5)15(11,6)7;1-13(2,3)6-4-7-14-12(15)9-11-5-8-16-10-11/h4-5,9-10,17,21H,6,8,11,13-14H2,1-3H3,(H,20,22);4-6,8-9H,10-11,13H2,1-3H3,(H,18,20)(H,19,21);5-6,9-11H,8H2,1-3H3,(H,18,20);5-6,9-10H,8H2,1-3H3,(H,16,18);11H,10H2,1-7H3,(H,16,17);5,8,10H,7,9H2,1-3H3,(H,14,15). The van der Waals surface area contributed by atoms with Gasteiger partial charge in [-0.25, -0.2) is 9.97 Å². The van der Waals surface area contributed by atoms with Crippen molar-refractivity contribution in [2.24, 2.45) is 49.2 Å². The molecule has 6 aromatic rings. The van der Waals surface area contributed by atoms with Gasteiger partial charge in [-0.05, 0) is 219 Å². The van der Waals surface area contributed by atoms with E-state index in [1.54, 1.807) is 52.8 Å². The monoisotopic (exact) mass is 1630 g/mol. The number of aromatic nitrogens is 3. The summed E-state index contributed by atoms with van der Waals surface area (Å²) in [5.41, 5.74) is 9.40. The van der Waals surface area contributed by atoms with Gasteiger partial charge in [-0.3, -0.25) is 38.5 Å². The van der Waals surface area contributed by atoms with Gasteiger partial charge in [-0.1, -0.05) is 147 Å². The summed E-state index contributed by atoms with van der Waals surface area (Å²) in [6.45, 7) is 48.7. The number of nitrogens with one attached hydrogen (secondary N) is 8. The zero-order valence-electron chi connectivity index (χ0n) is 72.4. The maximum atomic E-state index is 12.0. The largest absolute Gasteiger partial charge is 0.345 e. The molecule has 0 spiro atoms. The predicted molar refractivity (Wildman–Crippen MR) is 479 cm³/mol. The van der Waals surface area contributed by atoms with E-state index in [1.807, 2.05) is 142 Å². The minimum atomic E-state index is -0.199. The van der Waals surface area contributed by atoms with Crippen molar-refractivity contribution in [1.82, 2.24) is 52.2 Å². The summed E-state index contributed by atoms with van der Waals surface area (Å²) in [6, 6.07) is 20.8. The molecule has 1 atom stereocenters. The number of carbonyl (C=O) groups is 7. The number of rotatable bonds is 20. The summed E-state index contributed by atoms with van der Waals surface area (Å²) in [7, 11) is 0. The van der Waals surface area contributed by atoms with Gasteiger partial charge < -0.3 is 42.5 Å². The van der Waals surface area contributed by atoms with Crippen LogP contribution in [-0.4, -0.2) is 108 Å². The number of hydrogen-bond donors (Lipinski definition) is 8. The Morgan fingerprint density at radius 3 is 1.53 bits per heavy atom. The highest BCUT2D eigenvalue weighted by Crippen LogP contribution is 2.68. The molecule has 0 saturated heterocycles. The van der Waals surface area contributed by atoms with Gasteiger partial charge in [0.25, 0.3) is 11.8 Å². The maximum absolute atomic E-state index is 12.0. The van der Waals surface area contributed by atoms with Gasteiger partial charge in [0.1, 0.15) is 10.7 Å². The van der Waals surface area contributed by atoms with E-state index in [0.717, 1.165) is 51.4 Å². The van der Waals surface area contributed by atoms with Crippen LogP contribution in [0.15, 0.2) is 136 Å². The minimum absolute atomic E-state index is 0.00190. The number of thiophene rings is 1. The van der Waals surface area contributed by atoms with Gasteiger partial charge in [0, 0.05) is 98.8 Å². The predicted octanol–water partition coefficient (Wildman–Crippen LogP) is 16.6. The highest BCUT2D eigenvalue weighted by Gasteiger charge is 2.68. The number of benzene rings is 2. The lowest BCUT2D eigenvalue weighted by Gasteiger charge is -2.10. The number of thiazole rings is 2. The summed E-state index contributed by atoms with van der Waals surface area (Å²) in [5, 5.41) is 29.5. The smallest absolute Gasteiger partial charge is 0.271 e. The van der Waals surface area contributed by atoms with E-state index >= 15 is 0 Å². The van der Waals surface area contributed by atoms with E-state index in [0.29, 0.717) is 69.4 Å². The van der Waals surface area contributed by atoms with E-state index in [1.165, 1.54) is 33.8 Å². The SMILES string of the molecule is CC(C)(C)C#CCNC(=O)C1C(C)(C)C1(C)C.CC(C)(C)C#CCNC(=O)CCC(=O)Nc1ccccc1.CC(C)(C)C#CCNC(=O)CCCC1=C2C=CC=CC2NC1.CC(C)(C)C#CCNC(=O)Cc1ccsc1.CC(C)(C)C#CCNC(=O)c1ccc2ncsc2c1.CC(C)(C)C#CCNC(=O)c1csc(-c2ccncc2)n1. The van der Waals surface area contributed by atoms with Crippen molar-refractivity contribution in [2.75, 3.05) is 51.1 Å². The van der Waals surface area contributed by atoms with E-state index in [2.05, 4.69) is 222 Å². The fourth-order valence-corrected chi connectivity index (χ4v) is 12.9. The van der Waals surface area contributed by atoms with Crippen molar-refractivity contribution < 1.29 is 33.6 Å². The second kappa shape index (κ2) is 47.0. The van der Waals surface area contributed by atoms with Crippen LogP contribution >= 0.6 is 34.0 Å². The third-order valence-corrected chi connectivity index (χ3v) is 19.3. The Bertz CT molecular complexity index is 4720. The Hall–Kier alpha value is -10.4. The van der Waals surface area contributed by atoms with Crippen molar-refractivity contribution in [1.29, 1.82) is 0 Å². The first-order valence-corrected chi connectivity index (χ1v) is 41.9. The molecule has 5 heterocycles. The lowest BCUT2D eigenvalue weighted by atomic mass is 9.97. The molecule has 7 amide bonds. The molecule has 1 fully saturated rings. The number of anilines is 1. The molecule has 1 unspecified atom stereocenters. The molecule has 9 rings (SSSR count). The molecule has 2 aliphatic carbocycles. The summed E-state index contributed by atoms with van der Waals surface area (Å²) in [6.07, 6.45) is 15.2. The highest BCUT2D eigenvalue weighted by atomic mass is 32.1. The second-order valence-electron chi connectivity index (χ2n) is 35.1. The van der Waals surface area contributed by atoms with Crippen LogP contribution in [0.3, 0.4) is 0 Å². The van der Waals surface area contributed by atoms with Crippen LogP contribution in [0.5, 0.6) is 0 Å². The van der Waals surface area contributed by atoms with Crippen molar-refractivity contribution in [3.8, 4) is 81.6 Å². The minimum Gasteiger partial charge on any atom is -0.345 e. The lowest BCUT2D eigenvalue weighted by molar-refractivity contribution is -0.124. The van der Waals surface area contributed by atoms with Crippen LogP contribution in [0.4, 0.5) is 5.69 Å². The summed E-state index contributed by atoms with van der Waals surface area (Å²) < 4.78 is 1.02. The van der Waals surface area contributed by atoms with Crippen LogP contribution in [0, 0.1) is 120 Å². The first-order chi connectivity index (χ1) is 54.2. The molecule has 2 aromatic carbocycles. The Balaban J connectivity index is 0.000000294. The molecular formula is C95H123N11O7S3. The molecule has 21 heteroatoms. The van der Waals surface area contributed by atoms with Gasteiger partial charge in [0.2, 0.25) is 29.5 Å². The third-order valence-electron chi connectivity index (χ3n) is 16.9. The third kappa shape index (κ3) is 41.3. The van der Waals surface area contributed by atoms with Gasteiger partial charge in [0.05, 0.1) is 67.5 Å². The highest BCUT2D eigenvalue weighted by molar-refractivity contribution is 7.16. The van der Waals surface area contributed by atoms with Crippen LogP contribution in [0.25, 0.3) is 20.8 Å². The van der Waals surface area contributed by atoms with E-state index in [-0.39, 0.29) is 103 Å². The zero-order chi connectivity index (χ0) is 86.4. The summed E-state index contributed by atoms with van der Waals surface area (Å²) in [5.74, 6) is 36.0. The number of carbonyl (C=O) groups excluding carboxylic acids is 7. The fraction of sp³-hybridized carbons (Fsp3) is 0.474. The molecule has 618 valence electrons. The Morgan fingerprint density at radius 2 is 1.02 bits per heavy atom. The maximum Gasteiger partial charge on any atom is 0.271 e. The van der Waals surface area contributed by atoms with Crippen LogP contribution < -0.4 is 42.5 Å². The average Bonchev–Trinajstić information content (AvgIpc) is 1.53. The quantitative estimate of drug-likeness (QED) is 0.0334. The van der Waals surface area contributed by atoms with Crippen molar-refractivity contribution in [3.05, 3.63) is 153 Å². The number of hydrogen-bond acceptors (Lipinski definition) is 14. The summed E-state index contributed by atoms with van der Waals surface area (Å²) in [4.78, 5) is 94.9. The molecular weight excluding hydrogens is 1500 g/mol. The van der Waals surface area contributed by atoms with Gasteiger partial charge >= 0.3 is 0 Å². The number of allylic oxidation sites excluding steroid dienone is 2. The van der Waals surface area contributed by atoms with E-state index in [4.69, 9.17) is 0 Å². The number of nitrogens with zero attached hydrogens (tertiary/aromatic N) is 3. The number of pyridine rings is 1. The van der Waals surface area contributed by atoms with Crippen LogP contribution in [0.1, 0.15) is 211 Å². The molecule has 8 N–H and O–H groups in total. The zero-order valence-corrected chi connectivity index (χ0v) is 74.8. The molecule has 4 aromatic heterocycles. The number of fused-ring (bicyclic) bond motifs is 2. The Morgan fingerprint density at radius 1 is 0.526 bits per heavy atom. The van der Waals surface area contributed by atoms with Crippen LogP contribution in [-0.2, 0) is 30.4 Å². The molecule has 18 nitrogen and oxygen atoms in total. The fourth-order valence-electron chi connectivity index (χ4n) is 10.7. The van der Waals surface area contributed by atoms with Crippen molar-refractivity contribution >= 4 is 91.3 Å². The normalized spacial score (nSPS) is 13.9. The lowest BCUT2D eigenvalue weighted by Crippen LogP contribution is -2.27. The van der Waals surface area contributed by atoms with E-state index < -0.39 is 0 Å². The molecule has 1 saturated carbocycles. The first kappa shape index (κ1) is 98.0. The molecule has 0 bridgehead atoms. The van der Waals surface area contributed by atoms with Gasteiger partial charge in [-0.2, -0.15) is 11.3 Å². The Kier molecular flexibility index (Phi) is 39.7. The van der Waals surface area contributed by atoms with Crippen molar-refractivity contribution in [3.63, 3.8) is 0 Å². The molecule has 0 radical (unpaired) electrons. The first-order valence-electron chi connectivity index (χ1n) is 39.2. The molecule has 1 aliphatic heterocycles. The average molecular weight is 1630 g/mol. The molecule has 3 aliphatic rings. The van der Waals surface area contributed by atoms with Crippen molar-refractivity contribution in [2.45, 2.75) is 197 Å². The second-order valence-corrected chi connectivity index (χ2v) is 37.7.